The molecule has 7 nitrogen and oxygen atoms in total. The molecule has 13 heteroatoms. The lowest BCUT2D eigenvalue weighted by Crippen LogP contribution is -2.20. The molecular formula is C21H15F5N2O5S. The van der Waals surface area contributed by atoms with Gasteiger partial charge in [-0.2, -0.15) is 13.2 Å². The standard InChI is InChI=1S/C21H15F5N2O5S/c1-32-18-13(22)4-3-7-17(18)33-16-9-8-11(21(24,25)26)10-12(16)20(29)28-15-6-2-5-14(23)19(15)34(27,30)31/h2-10H,1H3,(H,28,29)(H2,27,30,31). The number of nitrogens with one attached hydrogen (secondary N) is 1. The number of ether oxygens (including phenoxy) is 2. The molecule has 0 heterocycles. The van der Waals surface area contributed by atoms with Crippen molar-refractivity contribution in [1.29, 1.82) is 0 Å². The number of methoxy groups -OCH3 is 1. The Balaban J connectivity index is 2.11. The topological polar surface area (TPSA) is 108 Å². The van der Waals surface area contributed by atoms with Gasteiger partial charge in [-0.3, -0.25) is 4.79 Å². The molecule has 0 aliphatic rings. The van der Waals surface area contributed by atoms with Crippen LogP contribution in [0.3, 0.4) is 0 Å². The summed E-state index contributed by atoms with van der Waals surface area (Å²) in [4.78, 5) is 11.8. The molecule has 0 spiro atoms. The number of para-hydroxylation sites is 1. The molecular weight excluding hydrogens is 487 g/mol. The minimum atomic E-state index is -4.85. The number of hydrogen-bond donors (Lipinski definition) is 2. The van der Waals surface area contributed by atoms with E-state index >= 15 is 0 Å². The van der Waals surface area contributed by atoms with Gasteiger partial charge in [-0.1, -0.05) is 12.1 Å². The van der Waals surface area contributed by atoms with Crippen molar-refractivity contribution in [2.24, 2.45) is 5.14 Å². The molecule has 3 N–H and O–H groups in total. The zero-order chi connectivity index (χ0) is 25.3. The molecule has 3 rings (SSSR count). The van der Waals surface area contributed by atoms with Crippen molar-refractivity contribution in [3.05, 3.63) is 77.4 Å². The number of primary sulfonamides is 1. The van der Waals surface area contributed by atoms with Gasteiger partial charge in [-0.05, 0) is 42.5 Å². The van der Waals surface area contributed by atoms with Crippen LogP contribution in [0.25, 0.3) is 0 Å². The Hall–Kier alpha value is -3.71. The number of rotatable bonds is 6. The summed E-state index contributed by atoms with van der Waals surface area (Å²) in [5, 5.41) is 7.02. The van der Waals surface area contributed by atoms with Crippen LogP contribution >= 0.6 is 0 Å². The summed E-state index contributed by atoms with van der Waals surface area (Å²) in [5.41, 5.74) is -2.56. The molecule has 0 radical (unpaired) electrons. The quantitative estimate of drug-likeness (QED) is 0.476. The molecule has 0 fully saturated rings. The number of anilines is 1. The van der Waals surface area contributed by atoms with Crippen molar-refractivity contribution < 1.29 is 44.6 Å². The second kappa shape index (κ2) is 9.27. The van der Waals surface area contributed by atoms with Crippen LogP contribution in [0.4, 0.5) is 27.6 Å². The van der Waals surface area contributed by atoms with E-state index in [0.717, 1.165) is 37.4 Å². The van der Waals surface area contributed by atoms with Gasteiger partial charge < -0.3 is 14.8 Å². The van der Waals surface area contributed by atoms with E-state index in [1.807, 2.05) is 5.32 Å². The highest BCUT2D eigenvalue weighted by Crippen LogP contribution is 2.38. The fourth-order valence-corrected chi connectivity index (χ4v) is 3.71. The van der Waals surface area contributed by atoms with Gasteiger partial charge in [0.1, 0.15) is 16.5 Å². The Kier molecular flexibility index (Phi) is 6.79. The first-order valence-corrected chi connectivity index (χ1v) is 10.7. The molecule has 0 aromatic heterocycles. The maximum Gasteiger partial charge on any atom is 0.416 e. The van der Waals surface area contributed by atoms with Gasteiger partial charge in [0.05, 0.1) is 23.9 Å². The zero-order valence-corrected chi connectivity index (χ0v) is 17.9. The van der Waals surface area contributed by atoms with E-state index in [2.05, 4.69) is 0 Å². The van der Waals surface area contributed by atoms with Gasteiger partial charge in [0.2, 0.25) is 10.0 Å². The highest BCUT2D eigenvalue weighted by Gasteiger charge is 2.33. The Labute approximate surface area is 190 Å². The van der Waals surface area contributed by atoms with Crippen LogP contribution in [0.5, 0.6) is 17.2 Å². The van der Waals surface area contributed by atoms with Crippen molar-refractivity contribution >= 4 is 21.6 Å². The normalized spacial score (nSPS) is 11.7. The molecule has 180 valence electrons. The summed E-state index contributed by atoms with van der Waals surface area (Å²) in [6.07, 6.45) is -4.85. The Morgan fingerprint density at radius 1 is 0.971 bits per heavy atom. The summed E-state index contributed by atoms with van der Waals surface area (Å²) in [7, 11) is -3.53. The number of hydrogen-bond acceptors (Lipinski definition) is 5. The smallest absolute Gasteiger partial charge is 0.416 e. The number of alkyl halides is 3. The first-order valence-electron chi connectivity index (χ1n) is 9.17. The number of carbonyl (C=O) groups excluding carboxylic acids is 1. The van der Waals surface area contributed by atoms with Crippen LogP contribution in [0, 0.1) is 11.6 Å². The minimum absolute atomic E-state index is 0.257. The van der Waals surface area contributed by atoms with Gasteiger partial charge in [-0.15, -0.1) is 0 Å². The van der Waals surface area contributed by atoms with Crippen molar-refractivity contribution in [3.8, 4) is 17.2 Å². The fraction of sp³-hybridized carbons (Fsp3) is 0.0952. The number of nitrogens with two attached hydrogens (primary N) is 1. The van der Waals surface area contributed by atoms with Gasteiger partial charge in [-0.25, -0.2) is 22.3 Å². The van der Waals surface area contributed by atoms with Crippen LogP contribution < -0.4 is 19.9 Å². The van der Waals surface area contributed by atoms with E-state index in [0.29, 0.717) is 12.1 Å². The zero-order valence-electron chi connectivity index (χ0n) is 17.1. The molecule has 3 aromatic carbocycles. The molecule has 1 amide bonds. The van der Waals surface area contributed by atoms with Crippen LogP contribution in [-0.2, 0) is 16.2 Å². The van der Waals surface area contributed by atoms with Crippen LogP contribution in [-0.4, -0.2) is 21.4 Å². The van der Waals surface area contributed by atoms with Crippen molar-refractivity contribution in [2.75, 3.05) is 12.4 Å². The summed E-state index contributed by atoms with van der Waals surface area (Å²) in [6.45, 7) is 0. The molecule has 34 heavy (non-hydrogen) atoms. The molecule has 0 unspecified atom stereocenters. The predicted octanol–water partition coefficient (Wildman–Crippen LogP) is 4.68. The SMILES string of the molecule is COc1c(F)cccc1Oc1ccc(C(F)(F)F)cc1C(=O)Nc1cccc(F)c1S(N)(=O)=O. The molecule has 0 saturated heterocycles. The number of sulfonamides is 1. The summed E-state index contributed by atoms with van der Waals surface area (Å²) < 4.78 is 102. The van der Waals surface area contributed by atoms with Crippen molar-refractivity contribution in [3.63, 3.8) is 0 Å². The maximum atomic E-state index is 14.1. The third-order valence-electron chi connectivity index (χ3n) is 4.41. The van der Waals surface area contributed by atoms with E-state index in [1.165, 1.54) is 12.1 Å². The number of halogens is 5. The van der Waals surface area contributed by atoms with Gasteiger partial charge in [0, 0.05) is 0 Å². The van der Waals surface area contributed by atoms with Crippen molar-refractivity contribution in [1.82, 2.24) is 0 Å². The highest BCUT2D eigenvalue weighted by atomic mass is 32.2. The first kappa shape index (κ1) is 24.9. The second-order valence-corrected chi connectivity index (χ2v) is 8.20. The third kappa shape index (κ3) is 5.26. The molecule has 0 atom stereocenters. The first-order chi connectivity index (χ1) is 15.8. The van der Waals surface area contributed by atoms with Gasteiger partial charge in [0.25, 0.3) is 5.91 Å². The largest absolute Gasteiger partial charge is 0.490 e. The summed E-state index contributed by atoms with van der Waals surface area (Å²) in [5.74, 6) is -4.50. The Morgan fingerprint density at radius 2 is 1.62 bits per heavy atom. The van der Waals surface area contributed by atoms with E-state index in [1.54, 1.807) is 0 Å². The van der Waals surface area contributed by atoms with E-state index in [4.69, 9.17) is 14.6 Å². The average molecular weight is 502 g/mol. The van der Waals surface area contributed by atoms with E-state index in [9.17, 15) is 35.2 Å². The summed E-state index contributed by atoms with van der Waals surface area (Å²) in [6, 6.07) is 8.21. The fourth-order valence-electron chi connectivity index (χ4n) is 2.94. The molecule has 0 bridgehead atoms. The maximum absolute atomic E-state index is 14.1. The highest BCUT2D eigenvalue weighted by molar-refractivity contribution is 7.89. The minimum Gasteiger partial charge on any atom is -0.490 e. The lowest BCUT2D eigenvalue weighted by Gasteiger charge is -2.16. The monoisotopic (exact) mass is 502 g/mol. The molecule has 0 aliphatic heterocycles. The molecule has 3 aromatic rings. The van der Waals surface area contributed by atoms with Gasteiger partial charge >= 0.3 is 6.18 Å². The Bertz CT molecular complexity index is 1360. The average Bonchev–Trinajstić information content (AvgIpc) is 2.72. The number of benzene rings is 3. The Morgan fingerprint density at radius 3 is 2.24 bits per heavy atom. The molecule has 0 aliphatic carbocycles. The van der Waals surface area contributed by atoms with Crippen LogP contribution in [0.1, 0.15) is 15.9 Å². The predicted molar refractivity (Wildman–Crippen MR) is 110 cm³/mol. The van der Waals surface area contributed by atoms with Crippen LogP contribution in [0.2, 0.25) is 0 Å². The number of amides is 1. The van der Waals surface area contributed by atoms with Gasteiger partial charge in [0.15, 0.2) is 17.3 Å². The van der Waals surface area contributed by atoms with E-state index < -0.39 is 61.2 Å². The lowest BCUT2D eigenvalue weighted by atomic mass is 10.1. The third-order valence-corrected chi connectivity index (χ3v) is 5.39. The van der Waals surface area contributed by atoms with E-state index in [-0.39, 0.29) is 11.5 Å². The molecule has 0 saturated carbocycles. The number of carbonyl (C=O) groups is 1. The van der Waals surface area contributed by atoms with Crippen molar-refractivity contribution in [2.45, 2.75) is 11.1 Å². The second-order valence-electron chi connectivity index (χ2n) is 6.70. The summed E-state index contributed by atoms with van der Waals surface area (Å²) >= 11 is 0. The lowest BCUT2D eigenvalue weighted by molar-refractivity contribution is -0.137. The van der Waals surface area contributed by atoms with Crippen LogP contribution in [0.15, 0.2) is 59.5 Å².